The van der Waals surface area contributed by atoms with E-state index >= 15 is 0 Å². The van der Waals surface area contributed by atoms with Gasteiger partial charge in [0, 0.05) is 46.3 Å². The van der Waals surface area contributed by atoms with Crippen LogP contribution in [0.2, 0.25) is 0 Å². The Morgan fingerprint density at radius 2 is 0.774 bits per heavy atom. The van der Waals surface area contributed by atoms with Gasteiger partial charge >= 0.3 is 0 Å². The van der Waals surface area contributed by atoms with Crippen LogP contribution < -0.4 is 29.9 Å². The highest BCUT2D eigenvalue weighted by atomic mass is 32.2. The van der Waals surface area contributed by atoms with Crippen molar-refractivity contribution in [3.63, 3.8) is 0 Å². The molecule has 0 aliphatic rings. The number of para-hydroxylation sites is 4. The standard InChI is InChI=1S/C64H56N6O12S2/c71-61(59(45-19-15-25-51(39-45)81-49-21-5-3-6-22-49)69(47-29-33-53(34-30-47)83(75,76)77)63(73)57-41-43-17-9-11-27-55(43)67-57)65-37-13-1-2-14-38-66-62(72)60(46-20-16-26-52(40-46)82-50-23-7-4-8-24-50)70(48-31-35-54(36-32-48)84(78,79)80)64(74)58-42-44-18-10-12-28-56(44)68-58/h3-12,15-36,39-42,59-60,67-68H,1-2,13-14,37-38H2,(H,65,71)(H,66,72)(H,75,76,77)(H,78,79,80). The molecule has 20 heteroatoms. The first kappa shape index (κ1) is 57.4. The van der Waals surface area contributed by atoms with Crippen LogP contribution in [0.4, 0.5) is 11.4 Å². The van der Waals surface area contributed by atoms with Crippen molar-refractivity contribution >= 4 is 77.0 Å². The molecule has 0 fully saturated rings. The molecule has 0 saturated heterocycles. The molecule has 10 aromatic rings. The summed E-state index contributed by atoms with van der Waals surface area (Å²) in [5.41, 5.74) is 2.68. The number of benzene rings is 8. The van der Waals surface area contributed by atoms with Crippen molar-refractivity contribution in [2.45, 2.75) is 47.6 Å². The molecule has 18 nitrogen and oxygen atoms in total. The summed E-state index contributed by atoms with van der Waals surface area (Å²) in [6.45, 7) is 0.339. The summed E-state index contributed by atoms with van der Waals surface area (Å²) in [4.78, 5) is 67.6. The smallest absolute Gasteiger partial charge is 0.294 e. The molecule has 426 valence electrons. The third-order valence-corrected chi connectivity index (χ3v) is 15.5. The Balaban J connectivity index is 0.874. The second-order valence-corrected chi connectivity index (χ2v) is 22.4. The monoisotopic (exact) mass is 1160 g/mol. The third-order valence-electron chi connectivity index (χ3n) is 13.8. The Bertz CT molecular complexity index is 3880. The number of H-pyrrole nitrogens is 2. The molecule has 2 aromatic heterocycles. The van der Waals surface area contributed by atoms with Crippen LogP contribution in [-0.4, -0.2) is 72.6 Å². The van der Waals surface area contributed by atoms with Gasteiger partial charge in [-0.1, -0.05) is 110 Å². The Kier molecular flexibility index (Phi) is 17.4. The molecule has 2 atom stereocenters. The first-order valence-corrected chi connectivity index (χ1v) is 29.6. The molecule has 10 rings (SSSR count). The minimum absolute atomic E-state index is 0.149. The molecule has 8 aromatic carbocycles. The highest BCUT2D eigenvalue weighted by Crippen LogP contribution is 2.36. The number of nitrogens with one attached hydrogen (secondary N) is 4. The number of carbonyl (C=O) groups excluding carboxylic acids is 4. The van der Waals surface area contributed by atoms with Crippen molar-refractivity contribution in [1.82, 2.24) is 20.6 Å². The van der Waals surface area contributed by atoms with Crippen LogP contribution in [0.1, 0.15) is 69.9 Å². The summed E-state index contributed by atoms with van der Waals surface area (Å²) >= 11 is 0. The maximum Gasteiger partial charge on any atom is 0.294 e. The van der Waals surface area contributed by atoms with Crippen molar-refractivity contribution in [1.29, 1.82) is 0 Å². The van der Waals surface area contributed by atoms with E-state index in [0.29, 0.717) is 70.8 Å². The first-order chi connectivity index (χ1) is 40.6. The number of nitrogens with zero attached hydrogens (tertiary/aromatic N) is 2. The number of aromatic amines is 2. The van der Waals surface area contributed by atoms with E-state index in [-0.39, 0.29) is 35.9 Å². The molecule has 84 heavy (non-hydrogen) atoms. The molecule has 0 radical (unpaired) electrons. The van der Waals surface area contributed by atoms with E-state index in [1.807, 2.05) is 84.9 Å². The maximum atomic E-state index is 14.9. The minimum Gasteiger partial charge on any atom is -0.457 e. The van der Waals surface area contributed by atoms with E-state index < -0.39 is 65.7 Å². The van der Waals surface area contributed by atoms with Gasteiger partial charge in [-0.2, -0.15) is 16.8 Å². The number of amides is 4. The number of unbranched alkanes of at least 4 members (excludes halogenated alkanes) is 3. The zero-order chi connectivity index (χ0) is 58.8. The molecule has 0 saturated carbocycles. The highest BCUT2D eigenvalue weighted by molar-refractivity contribution is 7.86. The molecule has 0 aliphatic heterocycles. The Hall–Kier alpha value is -9.86. The van der Waals surface area contributed by atoms with E-state index in [0.717, 1.165) is 35.0 Å². The van der Waals surface area contributed by atoms with Crippen molar-refractivity contribution in [2.75, 3.05) is 22.9 Å². The first-order valence-electron chi connectivity index (χ1n) is 26.8. The van der Waals surface area contributed by atoms with Crippen molar-refractivity contribution in [2.24, 2.45) is 0 Å². The number of rotatable bonds is 23. The zero-order valence-corrected chi connectivity index (χ0v) is 46.5. The van der Waals surface area contributed by atoms with Gasteiger partial charge in [0.05, 0.1) is 9.79 Å². The predicted octanol–water partition coefficient (Wildman–Crippen LogP) is 12.0. The second-order valence-electron chi connectivity index (χ2n) is 19.6. The molecule has 0 bridgehead atoms. The lowest BCUT2D eigenvalue weighted by atomic mass is 10.0. The fraction of sp³-hybridized carbons (Fsp3) is 0.125. The fourth-order valence-electron chi connectivity index (χ4n) is 9.76. The molecule has 2 unspecified atom stereocenters. The average molecular weight is 1170 g/mol. The molecule has 0 aliphatic carbocycles. The van der Waals surface area contributed by atoms with Gasteiger partial charge in [-0.15, -0.1) is 0 Å². The van der Waals surface area contributed by atoms with Gasteiger partial charge in [0.1, 0.15) is 46.5 Å². The van der Waals surface area contributed by atoms with Gasteiger partial charge in [-0.05, 0) is 145 Å². The van der Waals surface area contributed by atoms with Crippen molar-refractivity contribution in [3.05, 3.63) is 241 Å². The van der Waals surface area contributed by atoms with Gasteiger partial charge in [0.2, 0.25) is 11.8 Å². The van der Waals surface area contributed by atoms with Gasteiger partial charge in [0.15, 0.2) is 0 Å². The second kappa shape index (κ2) is 25.5. The molecule has 0 spiro atoms. The Morgan fingerprint density at radius 1 is 0.417 bits per heavy atom. The molecule has 2 heterocycles. The van der Waals surface area contributed by atoms with Gasteiger partial charge in [-0.3, -0.25) is 38.1 Å². The van der Waals surface area contributed by atoms with Crippen LogP contribution in [0, 0.1) is 0 Å². The maximum absolute atomic E-state index is 14.9. The van der Waals surface area contributed by atoms with E-state index in [9.17, 15) is 45.1 Å². The summed E-state index contributed by atoms with van der Waals surface area (Å²) in [5, 5.41) is 7.51. The van der Waals surface area contributed by atoms with Crippen molar-refractivity contribution in [3.8, 4) is 23.0 Å². The Morgan fingerprint density at radius 3 is 1.14 bits per heavy atom. The molecular weight excluding hydrogens is 1110 g/mol. The Labute approximate surface area is 484 Å². The lowest BCUT2D eigenvalue weighted by Crippen LogP contribution is -2.44. The van der Waals surface area contributed by atoms with Crippen LogP contribution in [0.3, 0.4) is 0 Å². The third kappa shape index (κ3) is 13.7. The number of hydrogen-bond acceptors (Lipinski definition) is 10. The lowest BCUT2D eigenvalue weighted by molar-refractivity contribution is -0.123. The van der Waals surface area contributed by atoms with E-state index in [2.05, 4.69) is 20.6 Å². The molecule has 6 N–H and O–H groups in total. The van der Waals surface area contributed by atoms with Gasteiger partial charge in [-0.25, -0.2) is 0 Å². The summed E-state index contributed by atoms with van der Waals surface area (Å²) in [7, 11) is -9.23. The lowest BCUT2D eigenvalue weighted by Gasteiger charge is -2.31. The zero-order valence-electron chi connectivity index (χ0n) is 44.9. The number of hydrogen-bond donors (Lipinski definition) is 6. The molecule has 4 amide bonds. The van der Waals surface area contributed by atoms with Crippen LogP contribution in [0.15, 0.2) is 228 Å². The van der Waals surface area contributed by atoms with E-state index in [1.54, 1.807) is 84.9 Å². The number of anilines is 2. The average Bonchev–Trinajstić information content (AvgIpc) is 2.64. The number of carbonyl (C=O) groups is 4. The minimum atomic E-state index is -4.62. The fourth-order valence-corrected chi connectivity index (χ4v) is 10.7. The van der Waals surface area contributed by atoms with Crippen LogP contribution in [0.5, 0.6) is 23.0 Å². The SMILES string of the molecule is O=C(NCCCCCCNC(=O)C(c1cccc(Oc2ccccc2)c1)N(C(=O)c1cc2ccccc2[nH]1)c1ccc(S(=O)(=O)O)cc1)C(c1cccc(Oc2ccccc2)c1)N(C(=O)c1cc2ccccc2[nH]1)c1ccc(S(=O)(=O)O)cc1. The summed E-state index contributed by atoms with van der Waals surface area (Å²) in [5.74, 6) is -0.531. The normalized spacial score (nSPS) is 12.3. The highest BCUT2D eigenvalue weighted by Gasteiger charge is 2.37. The van der Waals surface area contributed by atoms with E-state index in [4.69, 9.17) is 9.47 Å². The molecular formula is C64H56N6O12S2. The van der Waals surface area contributed by atoms with Gasteiger partial charge < -0.3 is 30.1 Å². The number of ether oxygens (including phenoxy) is 2. The summed E-state index contributed by atoms with van der Waals surface area (Å²) < 4.78 is 80.6. The van der Waals surface area contributed by atoms with Gasteiger partial charge in [0.25, 0.3) is 32.1 Å². The van der Waals surface area contributed by atoms with Crippen LogP contribution in [-0.2, 0) is 29.8 Å². The quantitative estimate of drug-likeness (QED) is 0.0258. The summed E-state index contributed by atoms with van der Waals surface area (Å²) in [6.07, 6.45) is 2.13. The largest absolute Gasteiger partial charge is 0.457 e. The predicted molar refractivity (Wildman–Crippen MR) is 319 cm³/mol. The van der Waals surface area contributed by atoms with Crippen LogP contribution in [0.25, 0.3) is 21.8 Å². The number of fused-ring (bicyclic) bond motifs is 2. The van der Waals surface area contributed by atoms with Crippen molar-refractivity contribution < 1.29 is 54.6 Å². The van der Waals surface area contributed by atoms with Crippen LogP contribution >= 0.6 is 0 Å². The number of aromatic nitrogens is 2. The summed E-state index contributed by atoms with van der Waals surface area (Å²) in [6, 6.07) is 56.7. The topological polar surface area (TPSA) is 258 Å². The van der Waals surface area contributed by atoms with E-state index in [1.165, 1.54) is 34.1 Å².